The molecular weight excluding hydrogens is 340 g/mol. The largest absolute Gasteiger partial charge is 0.339 e. The van der Waals surface area contributed by atoms with Gasteiger partial charge < -0.3 is 9.84 Å². The normalized spacial score (nSPS) is 11.0. The Morgan fingerprint density at radius 2 is 2.08 bits per heavy atom. The van der Waals surface area contributed by atoms with Crippen LogP contribution in [0.4, 0.5) is 5.13 Å². The van der Waals surface area contributed by atoms with Crippen molar-refractivity contribution < 1.29 is 9.32 Å². The van der Waals surface area contributed by atoms with E-state index in [0.717, 1.165) is 17.0 Å². The molecule has 8 nitrogen and oxygen atoms in total. The van der Waals surface area contributed by atoms with E-state index in [1.54, 1.807) is 24.5 Å². The van der Waals surface area contributed by atoms with Crippen molar-refractivity contribution in [2.45, 2.75) is 33.1 Å². The average Bonchev–Trinajstić information content (AvgIpc) is 3.23. The molecule has 0 bridgehead atoms. The minimum atomic E-state index is -0.157. The van der Waals surface area contributed by atoms with Gasteiger partial charge in [-0.05, 0) is 18.1 Å². The standard InChI is InChI=1S/C16H18N6O2S/c1-10(2)9-14-20-21-16(25-14)18-12(23)3-4-13-19-15(22-24-13)11-5-7-17-8-6-11/h5-8,10H,3-4,9H2,1-2H3,(H,18,21,23). The van der Waals surface area contributed by atoms with Crippen molar-refractivity contribution in [1.82, 2.24) is 25.3 Å². The monoisotopic (exact) mass is 358 g/mol. The first-order valence-corrected chi connectivity index (χ1v) is 8.77. The summed E-state index contributed by atoms with van der Waals surface area (Å²) in [4.78, 5) is 20.3. The predicted octanol–water partition coefficient (Wildman–Crippen LogP) is 2.75. The van der Waals surface area contributed by atoms with Gasteiger partial charge in [0.1, 0.15) is 5.01 Å². The summed E-state index contributed by atoms with van der Waals surface area (Å²) in [7, 11) is 0. The van der Waals surface area contributed by atoms with Gasteiger partial charge in [-0.3, -0.25) is 9.78 Å². The lowest BCUT2D eigenvalue weighted by molar-refractivity contribution is -0.116. The highest BCUT2D eigenvalue weighted by molar-refractivity contribution is 7.15. The van der Waals surface area contributed by atoms with Crippen molar-refractivity contribution in [2.75, 3.05) is 5.32 Å². The Labute approximate surface area is 148 Å². The SMILES string of the molecule is CC(C)Cc1nnc(NC(=O)CCc2nc(-c3ccncc3)no2)s1. The van der Waals surface area contributed by atoms with Gasteiger partial charge in [-0.25, -0.2) is 0 Å². The molecule has 130 valence electrons. The van der Waals surface area contributed by atoms with Gasteiger partial charge in [0.25, 0.3) is 0 Å². The van der Waals surface area contributed by atoms with Crippen LogP contribution in [0.15, 0.2) is 29.0 Å². The molecule has 0 saturated heterocycles. The molecule has 0 spiro atoms. The number of pyridine rings is 1. The molecule has 0 aliphatic carbocycles. The predicted molar refractivity (Wildman–Crippen MR) is 92.9 cm³/mol. The maximum atomic E-state index is 12.0. The molecule has 0 atom stereocenters. The van der Waals surface area contributed by atoms with Gasteiger partial charge in [0.05, 0.1) is 0 Å². The van der Waals surface area contributed by atoms with E-state index < -0.39 is 0 Å². The number of aromatic nitrogens is 5. The third kappa shape index (κ3) is 4.90. The number of carbonyl (C=O) groups is 1. The first-order valence-electron chi connectivity index (χ1n) is 7.95. The number of rotatable bonds is 7. The summed E-state index contributed by atoms with van der Waals surface area (Å²) >= 11 is 1.40. The number of nitrogens with zero attached hydrogens (tertiary/aromatic N) is 5. The van der Waals surface area contributed by atoms with Crippen LogP contribution in [0.1, 0.15) is 31.2 Å². The Morgan fingerprint density at radius 3 is 2.84 bits per heavy atom. The average molecular weight is 358 g/mol. The second kappa shape index (κ2) is 7.93. The molecule has 1 amide bonds. The van der Waals surface area contributed by atoms with E-state index in [4.69, 9.17) is 4.52 Å². The van der Waals surface area contributed by atoms with Crippen molar-refractivity contribution in [1.29, 1.82) is 0 Å². The number of amides is 1. The van der Waals surface area contributed by atoms with Crippen molar-refractivity contribution in [3.05, 3.63) is 35.4 Å². The topological polar surface area (TPSA) is 107 Å². The lowest BCUT2D eigenvalue weighted by Crippen LogP contribution is -2.12. The van der Waals surface area contributed by atoms with Crippen LogP contribution in [0.25, 0.3) is 11.4 Å². The Morgan fingerprint density at radius 1 is 1.28 bits per heavy atom. The number of aryl methyl sites for hydroxylation is 1. The molecule has 3 aromatic rings. The van der Waals surface area contributed by atoms with Crippen molar-refractivity contribution >= 4 is 22.4 Å². The van der Waals surface area contributed by atoms with Crippen LogP contribution in [0.5, 0.6) is 0 Å². The van der Waals surface area contributed by atoms with Crippen LogP contribution in [-0.4, -0.2) is 31.2 Å². The molecule has 0 fully saturated rings. The summed E-state index contributed by atoms with van der Waals surface area (Å²) in [5, 5.41) is 16.2. The fourth-order valence-electron chi connectivity index (χ4n) is 2.11. The lowest BCUT2D eigenvalue weighted by Gasteiger charge is -1.99. The molecule has 3 rings (SSSR count). The molecule has 3 aromatic heterocycles. The summed E-state index contributed by atoms with van der Waals surface area (Å²) in [5.74, 6) is 1.25. The van der Waals surface area contributed by atoms with E-state index in [1.807, 2.05) is 0 Å². The Bertz CT molecular complexity index is 830. The summed E-state index contributed by atoms with van der Waals surface area (Å²) in [5.41, 5.74) is 0.820. The molecule has 0 aromatic carbocycles. The van der Waals surface area contributed by atoms with E-state index in [1.165, 1.54) is 11.3 Å². The Balaban J connectivity index is 1.51. The van der Waals surface area contributed by atoms with Crippen molar-refractivity contribution in [3.8, 4) is 11.4 Å². The van der Waals surface area contributed by atoms with Gasteiger partial charge in [0, 0.05) is 37.2 Å². The number of hydrogen-bond acceptors (Lipinski definition) is 8. The molecule has 0 radical (unpaired) electrons. The Hall–Kier alpha value is -2.68. The van der Waals surface area contributed by atoms with Gasteiger partial charge in [-0.2, -0.15) is 4.98 Å². The third-order valence-corrected chi connectivity index (χ3v) is 4.13. The first-order chi connectivity index (χ1) is 12.1. The maximum Gasteiger partial charge on any atom is 0.227 e. The minimum Gasteiger partial charge on any atom is -0.339 e. The zero-order valence-electron chi connectivity index (χ0n) is 14.0. The van der Waals surface area contributed by atoms with Crippen molar-refractivity contribution in [2.24, 2.45) is 5.92 Å². The van der Waals surface area contributed by atoms with Crippen LogP contribution in [0, 0.1) is 5.92 Å². The number of nitrogens with one attached hydrogen (secondary N) is 1. The molecule has 0 unspecified atom stereocenters. The molecular formula is C16H18N6O2S. The highest BCUT2D eigenvalue weighted by Gasteiger charge is 2.13. The summed E-state index contributed by atoms with van der Waals surface area (Å²) < 4.78 is 5.18. The number of carbonyl (C=O) groups excluding carboxylic acids is 1. The van der Waals surface area contributed by atoms with Crippen LogP contribution in [0.3, 0.4) is 0 Å². The van der Waals surface area contributed by atoms with Gasteiger partial charge in [0.15, 0.2) is 0 Å². The quantitative estimate of drug-likeness (QED) is 0.692. The van der Waals surface area contributed by atoms with Gasteiger partial charge in [0.2, 0.25) is 22.8 Å². The van der Waals surface area contributed by atoms with E-state index in [0.29, 0.717) is 29.2 Å². The van der Waals surface area contributed by atoms with Gasteiger partial charge >= 0.3 is 0 Å². The third-order valence-electron chi connectivity index (χ3n) is 3.27. The zero-order valence-corrected chi connectivity index (χ0v) is 14.8. The van der Waals surface area contributed by atoms with E-state index in [9.17, 15) is 4.79 Å². The van der Waals surface area contributed by atoms with Gasteiger partial charge in [-0.1, -0.05) is 30.3 Å². The summed E-state index contributed by atoms with van der Waals surface area (Å²) in [6, 6.07) is 3.59. The van der Waals surface area contributed by atoms with Gasteiger partial charge in [-0.15, -0.1) is 10.2 Å². The van der Waals surface area contributed by atoms with Crippen molar-refractivity contribution in [3.63, 3.8) is 0 Å². The maximum absolute atomic E-state index is 12.0. The highest BCUT2D eigenvalue weighted by Crippen LogP contribution is 2.19. The summed E-state index contributed by atoms with van der Waals surface area (Å²) in [6.45, 7) is 4.23. The fraction of sp³-hybridized carbons (Fsp3) is 0.375. The van der Waals surface area contributed by atoms with E-state index in [2.05, 4.69) is 44.5 Å². The number of hydrogen-bond donors (Lipinski definition) is 1. The Kier molecular flexibility index (Phi) is 5.44. The van der Waals surface area contributed by atoms with Crippen LogP contribution in [-0.2, 0) is 17.6 Å². The minimum absolute atomic E-state index is 0.157. The van der Waals surface area contributed by atoms with E-state index >= 15 is 0 Å². The zero-order chi connectivity index (χ0) is 17.6. The first kappa shape index (κ1) is 17.2. The number of anilines is 1. The second-order valence-corrected chi connectivity index (χ2v) is 6.96. The molecule has 9 heteroatoms. The molecule has 25 heavy (non-hydrogen) atoms. The van der Waals surface area contributed by atoms with E-state index in [-0.39, 0.29) is 12.3 Å². The summed E-state index contributed by atoms with van der Waals surface area (Å²) in [6.07, 6.45) is 4.77. The highest BCUT2D eigenvalue weighted by atomic mass is 32.1. The molecule has 0 aliphatic rings. The molecule has 0 aliphatic heterocycles. The molecule has 3 heterocycles. The lowest BCUT2D eigenvalue weighted by atomic mass is 10.1. The second-order valence-electron chi connectivity index (χ2n) is 5.89. The van der Waals surface area contributed by atoms with Crippen LogP contribution >= 0.6 is 11.3 Å². The fourth-order valence-corrected chi connectivity index (χ4v) is 3.08. The smallest absolute Gasteiger partial charge is 0.227 e. The van der Waals surface area contributed by atoms with Crippen LogP contribution < -0.4 is 5.32 Å². The molecule has 1 N–H and O–H groups in total. The van der Waals surface area contributed by atoms with Crippen LogP contribution in [0.2, 0.25) is 0 Å². The molecule has 0 saturated carbocycles.